The Balaban J connectivity index is 0.950. The summed E-state index contributed by atoms with van der Waals surface area (Å²) in [7, 11) is 0. The minimum atomic E-state index is 0.975. The molecule has 0 radical (unpaired) electrons. The van der Waals surface area contributed by atoms with E-state index in [2.05, 4.69) is 120 Å². The molecule has 4 heteroatoms. The molecule has 0 saturated heterocycles. The first-order chi connectivity index (χ1) is 20.8. The second-order valence-electron chi connectivity index (χ2n) is 10.9. The first kappa shape index (κ1) is 27.5. The van der Waals surface area contributed by atoms with Crippen molar-refractivity contribution in [3.63, 3.8) is 0 Å². The number of nitrogens with zero attached hydrogens (tertiary/aromatic N) is 2. The molecule has 42 heavy (non-hydrogen) atoms. The van der Waals surface area contributed by atoms with E-state index in [1.807, 2.05) is 12.1 Å². The molecule has 0 amide bonds. The summed E-state index contributed by atoms with van der Waals surface area (Å²) in [5, 5.41) is 9.77. The molecule has 0 bridgehead atoms. The Hall–Kier alpha value is -4.70. The number of aromatic nitrogens is 2. The van der Waals surface area contributed by atoms with Gasteiger partial charge in [-0.25, -0.2) is 9.97 Å². The van der Waals surface area contributed by atoms with E-state index in [-0.39, 0.29) is 0 Å². The van der Waals surface area contributed by atoms with Crippen molar-refractivity contribution in [2.24, 2.45) is 0 Å². The zero-order chi connectivity index (χ0) is 28.4. The van der Waals surface area contributed by atoms with Crippen molar-refractivity contribution in [3.8, 4) is 22.5 Å². The topological polar surface area (TPSA) is 49.8 Å². The van der Waals surface area contributed by atoms with Gasteiger partial charge < -0.3 is 10.6 Å². The average Bonchev–Trinajstić information content (AvgIpc) is 3.06. The van der Waals surface area contributed by atoms with Crippen LogP contribution < -0.4 is 10.6 Å². The van der Waals surface area contributed by atoms with Crippen LogP contribution in [0.15, 0.2) is 121 Å². The lowest BCUT2D eigenvalue weighted by Gasteiger charge is -2.13. The van der Waals surface area contributed by atoms with Gasteiger partial charge in [0.05, 0.1) is 22.4 Å². The van der Waals surface area contributed by atoms with Gasteiger partial charge in [-0.1, -0.05) is 123 Å². The molecule has 0 spiro atoms. The number of anilines is 2. The number of rotatable bonds is 13. The molecule has 6 rings (SSSR count). The predicted molar refractivity (Wildman–Crippen MR) is 179 cm³/mol. The average molecular weight is 551 g/mol. The summed E-state index contributed by atoms with van der Waals surface area (Å²) in [5.74, 6) is 0. The fourth-order valence-electron chi connectivity index (χ4n) is 5.56. The largest absolute Gasteiger partial charge is 0.384 e. The standard InChI is InChI=1S/C38H38N4/c1(3-15-25-39-37-27-35(29-17-7-5-8-18-29)41-33-23-13-11-21-31(33)37)2-4-16-26-40-38-28-36(30-19-9-6-10-20-30)42-34-24-14-12-22-32(34)38/h5-14,17-24,27-28H,1-4,15-16,25-26H2,(H,39,41)(H,40,42). The van der Waals surface area contributed by atoms with Crippen LogP contribution in [0.5, 0.6) is 0 Å². The molecule has 4 nitrogen and oxygen atoms in total. The number of hydrogen-bond acceptors (Lipinski definition) is 4. The lowest BCUT2D eigenvalue weighted by molar-refractivity contribution is 0.610. The number of pyridine rings is 2. The van der Waals surface area contributed by atoms with Gasteiger partial charge in [-0.3, -0.25) is 0 Å². The van der Waals surface area contributed by atoms with Crippen molar-refractivity contribution >= 4 is 33.2 Å². The van der Waals surface area contributed by atoms with Gasteiger partial charge in [0.25, 0.3) is 0 Å². The van der Waals surface area contributed by atoms with Crippen molar-refractivity contribution in [2.75, 3.05) is 23.7 Å². The van der Waals surface area contributed by atoms with Crippen LogP contribution in [-0.2, 0) is 0 Å². The molecule has 2 aromatic heterocycles. The summed E-state index contributed by atoms with van der Waals surface area (Å²) in [5.41, 5.74) is 8.73. The van der Waals surface area contributed by atoms with Crippen LogP contribution in [0.4, 0.5) is 11.4 Å². The maximum Gasteiger partial charge on any atom is 0.0730 e. The van der Waals surface area contributed by atoms with Gasteiger partial charge in [0, 0.05) is 46.4 Å². The Morgan fingerprint density at radius 2 is 0.786 bits per heavy atom. The highest BCUT2D eigenvalue weighted by Crippen LogP contribution is 2.29. The summed E-state index contributed by atoms with van der Waals surface area (Å²) < 4.78 is 0. The summed E-state index contributed by atoms with van der Waals surface area (Å²) >= 11 is 0. The highest BCUT2D eigenvalue weighted by molar-refractivity contribution is 5.94. The van der Waals surface area contributed by atoms with E-state index in [9.17, 15) is 0 Å². The normalized spacial score (nSPS) is 11.1. The molecule has 0 fully saturated rings. The zero-order valence-electron chi connectivity index (χ0n) is 24.1. The quantitative estimate of drug-likeness (QED) is 0.140. The summed E-state index contributed by atoms with van der Waals surface area (Å²) in [6, 6.07) is 42.1. The molecule has 0 unspecified atom stereocenters. The van der Waals surface area contributed by atoms with Crippen LogP contribution in [0.3, 0.4) is 0 Å². The fraction of sp³-hybridized carbons (Fsp3) is 0.211. The van der Waals surface area contributed by atoms with E-state index >= 15 is 0 Å². The smallest absolute Gasteiger partial charge is 0.0730 e. The first-order valence-electron chi connectivity index (χ1n) is 15.2. The minimum absolute atomic E-state index is 0.975. The van der Waals surface area contributed by atoms with Crippen molar-refractivity contribution in [1.29, 1.82) is 0 Å². The Kier molecular flexibility index (Phi) is 9.01. The van der Waals surface area contributed by atoms with Crippen LogP contribution in [0.1, 0.15) is 38.5 Å². The lowest BCUT2D eigenvalue weighted by Crippen LogP contribution is -2.04. The number of benzene rings is 4. The molecule has 0 atom stereocenters. The van der Waals surface area contributed by atoms with Gasteiger partial charge in [-0.05, 0) is 37.1 Å². The number of para-hydroxylation sites is 2. The highest BCUT2D eigenvalue weighted by atomic mass is 14.9. The second kappa shape index (κ2) is 13.8. The summed E-state index contributed by atoms with van der Waals surface area (Å²) in [4.78, 5) is 9.81. The molecule has 2 heterocycles. The predicted octanol–water partition coefficient (Wildman–Crippen LogP) is 9.98. The summed E-state index contributed by atoms with van der Waals surface area (Å²) in [6.07, 6.45) is 7.35. The molecule has 4 aromatic carbocycles. The second-order valence-corrected chi connectivity index (χ2v) is 10.9. The molecule has 0 aliphatic carbocycles. The van der Waals surface area contributed by atoms with Gasteiger partial charge in [-0.2, -0.15) is 0 Å². The third-order valence-corrected chi connectivity index (χ3v) is 7.81. The Labute approximate surface area is 248 Å². The van der Waals surface area contributed by atoms with E-state index in [1.165, 1.54) is 60.7 Å². The zero-order valence-corrected chi connectivity index (χ0v) is 24.1. The van der Waals surface area contributed by atoms with E-state index < -0.39 is 0 Å². The maximum absolute atomic E-state index is 4.90. The molecule has 0 aliphatic rings. The molecule has 6 aromatic rings. The van der Waals surface area contributed by atoms with Crippen LogP contribution in [0.2, 0.25) is 0 Å². The Morgan fingerprint density at radius 3 is 1.24 bits per heavy atom. The van der Waals surface area contributed by atoms with Crippen LogP contribution in [-0.4, -0.2) is 23.1 Å². The molecular formula is C38H38N4. The van der Waals surface area contributed by atoms with E-state index in [4.69, 9.17) is 9.97 Å². The SMILES string of the molecule is c1ccc(-c2cc(NCCCCCCCCNc3cc(-c4ccccc4)nc4ccccc34)c3ccccc3n2)cc1. The van der Waals surface area contributed by atoms with Crippen LogP contribution in [0.25, 0.3) is 44.3 Å². The van der Waals surface area contributed by atoms with Crippen molar-refractivity contribution in [2.45, 2.75) is 38.5 Å². The number of unbranched alkanes of at least 4 members (excludes halogenated alkanes) is 5. The van der Waals surface area contributed by atoms with E-state index in [0.717, 1.165) is 46.6 Å². The first-order valence-corrected chi connectivity index (χ1v) is 15.2. The third kappa shape index (κ3) is 6.77. The molecule has 0 aliphatic heterocycles. The molecule has 210 valence electrons. The lowest BCUT2D eigenvalue weighted by atomic mass is 10.1. The van der Waals surface area contributed by atoms with Crippen LogP contribution >= 0.6 is 0 Å². The van der Waals surface area contributed by atoms with Crippen molar-refractivity contribution < 1.29 is 0 Å². The van der Waals surface area contributed by atoms with E-state index in [1.54, 1.807) is 0 Å². The van der Waals surface area contributed by atoms with Crippen molar-refractivity contribution in [3.05, 3.63) is 121 Å². The number of hydrogen-bond donors (Lipinski definition) is 2. The van der Waals surface area contributed by atoms with Crippen LogP contribution in [0, 0.1) is 0 Å². The van der Waals surface area contributed by atoms with Crippen molar-refractivity contribution in [1.82, 2.24) is 9.97 Å². The Bertz CT molecular complexity index is 1600. The monoisotopic (exact) mass is 550 g/mol. The van der Waals surface area contributed by atoms with E-state index in [0.29, 0.717) is 0 Å². The van der Waals surface area contributed by atoms with Gasteiger partial charge in [0.2, 0.25) is 0 Å². The fourth-order valence-corrected chi connectivity index (χ4v) is 5.56. The highest BCUT2D eigenvalue weighted by Gasteiger charge is 2.08. The summed E-state index contributed by atoms with van der Waals surface area (Å²) in [6.45, 7) is 1.95. The van der Waals surface area contributed by atoms with Gasteiger partial charge >= 0.3 is 0 Å². The Morgan fingerprint density at radius 1 is 0.405 bits per heavy atom. The van der Waals surface area contributed by atoms with Gasteiger partial charge in [-0.15, -0.1) is 0 Å². The molecular weight excluding hydrogens is 512 g/mol. The van der Waals surface area contributed by atoms with Gasteiger partial charge in [0.1, 0.15) is 0 Å². The number of nitrogens with one attached hydrogen (secondary N) is 2. The molecule has 0 saturated carbocycles. The van der Waals surface area contributed by atoms with Gasteiger partial charge in [0.15, 0.2) is 0 Å². The molecule has 2 N–H and O–H groups in total. The maximum atomic E-state index is 4.90. The number of fused-ring (bicyclic) bond motifs is 2. The third-order valence-electron chi connectivity index (χ3n) is 7.81. The minimum Gasteiger partial charge on any atom is -0.384 e.